The van der Waals surface area contributed by atoms with Gasteiger partial charge >= 0.3 is 0 Å². The number of hydrazone groups is 1. The van der Waals surface area contributed by atoms with E-state index in [2.05, 4.69) is 15.6 Å². The summed E-state index contributed by atoms with van der Waals surface area (Å²) in [5.74, 6) is -0.529. The molecular formula is C20H18Cl2N4O2. The summed E-state index contributed by atoms with van der Waals surface area (Å²) in [7, 11) is 0. The van der Waals surface area contributed by atoms with Gasteiger partial charge in [0.15, 0.2) is 0 Å². The molecule has 2 N–H and O–H groups in total. The van der Waals surface area contributed by atoms with E-state index in [1.807, 2.05) is 36.7 Å². The molecule has 144 valence electrons. The van der Waals surface area contributed by atoms with E-state index in [1.165, 1.54) is 18.3 Å². The van der Waals surface area contributed by atoms with Gasteiger partial charge in [0.25, 0.3) is 5.91 Å². The summed E-state index contributed by atoms with van der Waals surface area (Å²) in [6, 6.07) is 12.1. The minimum absolute atomic E-state index is 0.110. The molecule has 0 saturated heterocycles. The highest BCUT2D eigenvalue weighted by molar-refractivity contribution is 6.36. The van der Waals surface area contributed by atoms with Gasteiger partial charge in [0.2, 0.25) is 0 Å². The van der Waals surface area contributed by atoms with Crippen molar-refractivity contribution in [3.05, 3.63) is 80.6 Å². The average molecular weight is 417 g/mol. The molecule has 0 unspecified atom stereocenters. The summed E-state index contributed by atoms with van der Waals surface area (Å²) in [6.45, 7) is 4.59. The number of rotatable bonds is 5. The molecule has 0 aliphatic rings. The first-order chi connectivity index (χ1) is 13.3. The molecule has 3 aromatic rings. The highest BCUT2D eigenvalue weighted by atomic mass is 35.5. The largest absolute Gasteiger partial charge is 0.506 e. The Labute approximate surface area is 172 Å². The summed E-state index contributed by atoms with van der Waals surface area (Å²) < 4.78 is 1.91. The summed E-state index contributed by atoms with van der Waals surface area (Å²) in [5.41, 5.74) is 6.26. The summed E-state index contributed by atoms with van der Waals surface area (Å²) in [6.07, 6.45) is 1.28. The Kier molecular flexibility index (Phi) is 6.02. The zero-order valence-corrected chi connectivity index (χ0v) is 16.8. The molecule has 1 aromatic heterocycles. The number of carbonyl (C=O) groups is 1. The van der Waals surface area contributed by atoms with Crippen molar-refractivity contribution in [3.8, 4) is 5.75 Å². The highest BCUT2D eigenvalue weighted by Gasteiger charge is 2.08. The third-order valence-electron chi connectivity index (χ3n) is 4.08. The lowest BCUT2D eigenvalue weighted by molar-refractivity contribution is 0.0955. The second-order valence-electron chi connectivity index (χ2n) is 6.31. The quantitative estimate of drug-likeness (QED) is 0.479. The van der Waals surface area contributed by atoms with Gasteiger partial charge in [-0.25, -0.2) is 5.43 Å². The van der Waals surface area contributed by atoms with Gasteiger partial charge in [-0.2, -0.15) is 10.2 Å². The molecule has 1 heterocycles. The molecular weight excluding hydrogens is 399 g/mol. The Hall–Kier alpha value is -2.83. The van der Waals surface area contributed by atoms with Crippen LogP contribution in [0.3, 0.4) is 0 Å². The second kappa shape index (κ2) is 8.46. The predicted octanol–water partition coefficient (Wildman–Crippen LogP) is 4.32. The number of aromatic hydroxyl groups is 1. The standard InChI is InChI=1S/C20H18Cl2N4O2/c1-12-7-13(2)26(25-12)11-14-3-5-15(6-4-14)20(28)24-23-10-16-8-17(21)9-18(22)19(16)27/h3-10,27H,11H2,1-2H3,(H,24,28). The maximum Gasteiger partial charge on any atom is 0.271 e. The van der Waals surface area contributed by atoms with Crippen LogP contribution in [0.25, 0.3) is 0 Å². The molecule has 0 aliphatic heterocycles. The zero-order valence-electron chi connectivity index (χ0n) is 15.3. The number of amides is 1. The van der Waals surface area contributed by atoms with Crippen LogP contribution in [0, 0.1) is 13.8 Å². The van der Waals surface area contributed by atoms with Crippen molar-refractivity contribution in [2.24, 2.45) is 5.10 Å². The van der Waals surface area contributed by atoms with E-state index in [1.54, 1.807) is 12.1 Å². The van der Waals surface area contributed by atoms with Crippen molar-refractivity contribution in [2.45, 2.75) is 20.4 Å². The van der Waals surface area contributed by atoms with Crippen LogP contribution in [0.2, 0.25) is 10.0 Å². The molecule has 3 rings (SSSR count). The molecule has 0 fully saturated rings. The molecule has 0 saturated carbocycles. The lowest BCUT2D eigenvalue weighted by Crippen LogP contribution is -2.17. The van der Waals surface area contributed by atoms with E-state index in [4.69, 9.17) is 23.2 Å². The average Bonchev–Trinajstić information content (AvgIpc) is 2.96. The Balaban J connectivity index is 1.64. The van der Waals surface area contributed by atoms with Crippen molar-refractivity contribution < 1.29 is 9.90 Å². The predicted molar refractivity (Wildman–Crippen MR) is 110 cm³/mol. The van der Waals surface area contributed by atoms with Gasteiger partial charge in [0, 0.05) is 21.8 Å². The fraction of sp³-hybridized carbons (Fsp3) is 0.150. The van der Waals surface area contributed by atoms with E-state index in [0.29, 0.717) is 22.7 Å². The number of carbonyl (C=O) groups excluding carboxylic acids is 1. The number of aromatic nitrogens is 2. The van der Waals surface area contributed by atoms with E-state index in [-0.39, 0.29) is 16.7 Å². The third kappa shape index (κ3) is 4.71. The number of nitrogens with one attached hydrogen (secondary N) is 1. The van der Waals surface area contributed by atoms with Crippen LogP contribution in [-0.4, -0.2) is 27.0 Å². The van der Waals surface area contributed by atoms with Crippen LogP contribution in [0.5, 0.6) is 5.75 Å². The fourth-order valence-electron chi connectivity index (χ4n) is 2.68. The minimum Gasteiger partial charge on any atom is -0.506 e. The molecule has 2 aromatic carbocycles. The third-order valence-corrected chi connectivity index (χ3v) is 4.59. The summed E-state index contributed by atoms with van der Waals surface area (Å²) in [4.78, 5) is 12.2. The van der Waals surface area contributed by atoms with Crippen LogP contribution in [0.1, 0.15) is 32.9 Å². The number of hydrogen-bond donors (Lipinski definition) is 2. The SMILES string of the molecule is Cc1cc(C)n(Cc2ccc(C(=O)NN=Cc3cc(Cl)cc(Cl)c3O)cc2)n1. The van der Waals surface area contributed by atoms with Crippen LogP contribution in [0.4, 0.5) is 0 Å². The maximum atomic E-state index is 12.2. The number of phenols is 1. The zero-order chi connectivity index (χ0) is 20.3. The van der Waals surface area contributed by atoms with Crippen LogP contribution < -0.4 is 5.43 Å². The Morgan fingerprint density at radius 2 is 1.93 bits per heavy atom. The maximum absolute atomic E-state index is 12.2. The molecule has 0 bridgehead atoms. The van der Waals surface area contributed by atoms with Gasteiger partial charge in [-0.15, -0.1) is 0 Å². The van der Waals surface area contributed by atoms with Crippen molar-refractivity contribution >= 4 is 35.3 Å². The molecule has 6 nitrogen and oxygen atoms in total. The molecule has 1 amide bonds. The molecule has 0 atom stereocenters. The van der Waals surface area contributed by atoms with Gasteiger partial charge in [-0.05, 0) is 49.7 Å². The van der Waals surface area contributed by atoms with E-state index in [0.717, 1.165) is 17.0 Å². The number of hydrogen-bond acceptors (Lipinski definition) is 4. The number of phenolic OH excluding ortho intramolecular Hbond substituents is 1. The number of aryl methyl sites for hydroxylation is 2. The summed E-state index contributed by atoms with van der Waals surface area (Å²) in [5, 5.41) is 18.6. The van der Waals surface area contributed by atoms with Crippen molar-refractivity contribution in [1.29, 1.82) is 0 Å². The van der Waals surface area contributed by atoms with Crippen LogP contribution in [0.15, 0.2) is 47.6 Å². The molecule has 8 heteroatoms. The van der Waals surface area contributed by atoms with Gasteiger partial charge in [0.1, 0.15) is 5.75 Å². The van der Waals surface area contributed by atoms with Crippen molar-refractivity contribution in [1.82, 2.24) is 15.2 Å². The van der Waals surface area contributed by atoms with E-state index in [9.17, 15) is 9.90 Å². The Morgan fingerprint density at radius 1 is 1.21 bits per heavy atom. The number of benzene rings is 2. The van der Waals surface area contributed by atoms with Gasteiger partial charge in [-0.1, -0.05) is 35.3 Å². The first-order valence-electron chi connectivity index (χ1n) is 8.45. The topological polar surface area (TPSA) is 79.5 Å². The Bertz CT molecular complexity index is 1040. The highest BCUT2D eigenvalue weighted by Crippen LogP contribution is 2.29. The van der Waals surface area contributed by atoms with Crippen LogP contribution in [-0.2, 0) is 6.54 Å². The van der Waals surface area contributed by atoms with E-state index < -0.39 is 0 Å². The normalized spacial score (nSPS) is 11.1. The molecule has 0 radical (unpaired) electrons. The van der Waals surface area contributed by atoms with Crippen LogP contribution >= 0.6 is 23.2 Å². The molecule has 0 aliphatic carbocycles. The second-order valence-corrected chi connectivity index (χ2v) is 7.15. The lowest BCUT2D eigenvalue weighted by Gasteiger charge is -2.06. The van der Waals surface area contributed by atoms with Gasteiger partial charge in [0.05, 0.1) is 23.5 Å². The molecule has 0 spiro atoms. The monoisotopic (exact) mass is 416 g/mol. The van der Waals surface area contributed by atoms with Gasteiger partial charge < -0.3 is 5.11 Å². The van der Waals surface area contributed by atoms with Crippen molar-refractivity contribution in [3.63, 3.8) is 0 Å². The first-order valence-corrected chi connectivity index (χ1v) is 9.20. The minimum atomic E-state index is -0.374. The first kappa shape index (κ1) is 19.9. The Morgan fingerprint density at radius 3 is 2.57 bits per heavy atom. The smallest absolute Gasteiger partial charge is 0.271 e. The van der Waals surface area contributed by atoms with Crippen molar-refractivity contribution in [2.75, 3.05) is 0 Å². The molecule has 28 heavy (non-hydrogen) atoms. The van der Waals surface area contributed by atoms with Gasteiger partial charge in [-0.3, -0.25) is 9.48 Å². The fourth-order valence-corrected chi connectivity index (χ4v) is 3.19. The lowest BCUT2D eigenvalue weighted by atomic mass is 10.1. The number of nitrogens with zero attached hydrogens (tertiary/aromatic N) is 3. The van der Waals surface area contributed by atoms with E-state index >= 15 is 0 Å². The number of halogens is 2. The summed E-state index contributed by atoms with van der Waals surface area (Å²) >= 11 is 11.7.